The summed E-state index contributed by atoms with van der Waals surface area (Å²) in [5.74, 6) is 0.639. The second-order valence-corrected chi connectivity index (χ2v) is 6.43. The van der Waals surface area contributed by atoms with Gasteiger partial charge in [-0.25, -0.2) is 0 Å². The number of para-hydroxylation sites is 1. The van der Waals surface area contributed by atoms with Crippen LogP contribution in [0, 0.1) is 6.92 Å². The Kier molecular flexibility index (Phi) is 5.30. The molecule has 0 fully saturated rings. The summed E-state index contributed by atoms with van der Waals surface area (Å²) in [5.41, 5.74) is 2.27. The predicted molar refractivity (Wildman–Crippen MR) is 105 cm³/mol. The summed E-state index contributed by atoms with van der Waals surface area (Å²) in [6.45, 7) is 6.87. The Morgan fingerprint density at radius 2 is 1.88 bits per heavy atom. The summed E-state index contributed by atoms with van der Waals surface area (Å²) in [6.07, 6.45) is 0. The topological polar surface area (TPSA) is 66.1 Å². The van der Waals surface area contributed by atoms with Gasteiger partial charge in [-0.3, -0.25) is 4.79 Å². The summed E-state index contributed by atoms with van der Waals surface area (Å²) >= 11 is 1.46. The average molecular weight is 352 g/mol. The Hall–Kier alpha value is -2.86. The number of benzene rings is 2. The van der Waals surface area contributed by atoms with Crippen LogP contribution in [0.4, 0.5) is 11.5 Å². The van der Waals surface area contributed by atoms with Crippen LogP contribution in [0.5, 0.6) is 0 Å². The van der Waals surface area contributed by atoms with E-state index < -0.39 is 0 Å². The zero-order chi connectivity index (χ0) is 17.6. The standard InChI is InChI=1S/C19H20N4OS/c1-13-7-3-5-9-16(13)22-14(2)19(24)21-12-11-20-18-15-8-4-6-10-17(15)25-23-18/h3-10,22H,2,11-12H2,1H3,(H,20,23)(H,21,24). The van der Waals surface area contributed by atoms with Gasteiger partial charge in [-0.2, -0.15) is 4.37 Å². The summed E-state index contributed by atoms with van der Waals surface area (Å²) in [6, 6.07) is 15.8. The second kappa shape index (κ2) is 7.81. The molecule has 3 rings (SSSR count). The number of anilines is 2. The zero-order valence-electron chi connectivity index (χ0n) is 14.0. The summed E-state index contributed by atoms with van der Waals surface area (Å²) < 4.78 is 5.54. The Morgan fingerprint density at radius 1 is 1.12 bits per heavy atom. The molecule has 1 heterocycles. The fraction of sp³-hybridized carbons (Fsp3) is 0.158. The molecule has 0 bridgehead atoms. The maximum absolute atomic E-state index is 12.1. The van der Waals surface area contributed by atoms with Crippen LogP contribution in [0.2, 0.25) is 0 Å². The molecule has 0 aliphatic carbocycles. The molecule has 0 atom stereocenters. The van der Waals surface area contributed by atoms with Crippen LogP contribution in [-0.2, 0) is 4.79 Å². The Labute approximate surface area is 150 Å². The molecule has 3 N–H and O–H groups in total. The van der Waals surface area contributed by atoms with Crippen LogP contribution in [0.1, 0.15) is 5.56 Å². The van der Waals surface area contributed by atoms with Gasteiger partial charge < -0.3 is 16.0 Å². The highest BCUT2D eigenvalue weighted by Gasteiger charge is 2.08. The molecule has 0 saturated carbocycles. The van der Waals surface area contributed by atoms with E-state index in [2.05, 4.69) is 26.9 Å². The molecule has 0 aliphatic heterocycles. The highest BCUT2D eigenvalue weighted by molar-refractivity contribution is 7.13. The van der Waals surface area contributed by atoms with Gasteiger partial charge in [0.05, 0.1) is 10.4 Å². The predicted octanol–water partition coefficient (Wildman–Crippen LogP) is 3.76. The molecule has 3 aromatic rings. The molecule has 0 aliphatic rings. The lowest BCUT2D eigenvalue weighted by Gasteiger charge is -2.12. The Morgan fingerprint density at radius 3 is 2.72 bits per heavy atom. The number of nitrogens with one attached hydrogen (secondary N) is 3. The third-order valence-corrected chi connectivity index (χ3v) is 4.61. The van der Waals surface area contributed by atoms with Crippen molar-refractivity contribution in [2.75, 3.05) is 23.7 Å². The number of hydrogen-bond acceptors (Lipinski definition) is 5. The first-order valence-electron chi connectivity index (χ1n) is 8.03. The summed E-state index contributed by atoms with van der Waals surface area (Å²) in [4.78, 5) is 12.1. The minimum absolute atomic E-state index is 0.215. The van der Waals surface area contributed by atoms with Gasteiger partial charge >= 0.3 is 0 Å². The number of carbonyl (C=O) groups is 1. The van der Waals surface area contributed by atoms with E-state index in [1.165, 1.54) is 11.5 Å². The van der Waals surface area contributed by atoms with Gasteiger partial charge in [0, 0.05) is 24.2 Å². The number of fused-ring (bicyclic) bond motifs is 1. The number of amides is 1. The zero-order valence-corrected chi connectivity index (χ0v) is 14.8. The molecular weight excluding hydrogens is 332 g/mol. The highest BCUT2D eigenvalue weighted by atomic mass is 32.1. The number of rotatable bonds is 7. The van der Waals surface area contributed by atoms with E-state index in [0.29, 0.717) is 18.8 Å². The molecule has 1 aromatic heterocycles. The maximum Gasteiger partial charge on any atom is 0.267 e. The first-order chi connectivity index (χ1) is 12.1. The normalized spacial score (nSPS) is 10.4. The molecule has 0 saturated heterocycles. The van der Waals surface area contributed by atoms with E-state index in [1.807, 2.05) is 55.5 Å². The molecule has 1 amide bonds. The maximum atomic E-state index is 12.1. The lowest BCUT2D eigenvalue weighted by molar-refractivity contribution is -0.117. The fourth-order valence-corrected chi connectivity index (χ4v) is 3.16. The van der Waals surface area contributed by atoms with Crippen molar-refractivity contribution < 1.29 is 4.79 Å². The summed E-state index contributed by atoms with van der Waals surface area (Å²) in [5, 5.41) is 10.3. The van der Waals surface area contributed by atoms with Gasteiger partial charge in [-0.15, -0.1) is 0 Å². The third kappa shape index (κ3) is 4.16. The van der Waals surface area contributed by atoms with Crippen molar-refractivity contribution in [3.8, 4) is 0 Å². The van der Waals surface area contributed by atoms with E-state index in [9.17, 15) is 4.79 Å². The van der Waals surface area contributed by atoms with Crippen molar-refractivity contribution >= 4 is 39.0 Å². The van der Waals surface area contributed by atoms with Gasteiger partial charge in [0.2, 0.25) is 0 Å². The van der Waals surface area contributed by atoms with Crippen LogP contribution >= 0.6 is 11.5 Å². The first kappa shape index (κ1) is 17.0. The molecule has 0 radical (unpaired) electrons. The SMILES string of the molecule is C=C(Nc1ccccc1C)C(=O)NCCNc1nsc2ccccc12. The van der Waals surface area contributed by atoms with Crippen LogP contribution in [0.3, 0.4) is 0 Å². The highest BCUT2D eigenvalue weighted by Crippen LogP contribution is 2.25. The van der Waals surface area contributed by atoms with Crippen molar-refractivity contribution in [2.45, 2.75) is 6.92 Å². The Bertz CT molecular complexity index is 903. The van der Waals surface area contributed by atoms with E-state index in [1.54, 1.807) is 0 Å². The molecule has 0 unspecified atom stereocenters. The third-order valence-electron chi connectivity index (χ3n) is 3.79. The number of nitrogens with zero attached hydrogens (tertiary/aromatic N) is 1. The fourth-order valence-electron chi connectivity index (χ4n) is 2.41. The van der Waals surface area contributed by atoms with Crippen LogP contribution in [0.25, 0.3) is 10.1 Å². The molecule has 128 valence electrons. The van der Waals surface area contributed by atoms with Crippen molar-refractivity contribution in [3.63, 3.8) is 0 Å². The largest absolute Gasteiger partial charge is 0.367 e. The van der Waals surface area contributed by atoms with Crippen LogP contribution in [-0.4, -0.2) is 23.4 Å². The minimum atomic E-state index is -0.215. The van der Waals surface area contributed by atoms with Crippen LogP contribution in [0.15, 0.2) is 60.8 Å². The van der Waals surface area contributed by atoms with Crippen LogP contribution < -0.4 is 16.0 Å². The summed E-state index contributed by atoms with van der Waals surface area (Å²) in [7, 11) is 0. The molecule has 0 spiro atoms. The van der Waals surface area contributed by atoms with Gasteiger partial charge in [0.25, 0.3) is 5.91 Å². The number of carbonyl (C=O) groups excluding carboxylic acids is 1. The Balaban J connectivity index is 1.46. The molecule has 5 nitrogen and oxygen atoms in total. The number of aromatic nitrogens is 1. The lowest BCUT2D eigenvalue weighted by atomic mass is 10.2. The monoisotopic (exact) mass is 352 g/mol. The van der Waals surface area contributed by atoms with Gasteiger partial charge in [-0.05, 0) is 42.2 Å². The van der Waals surface area contributed by atoms with Crippen molar-refractivity contribution in [1.82, 2.24) is 9.69 Å². The second-order valence-electron chi connectivity index (χ2n) is 5.63. The van der Waals surface area contributed by atoms with Gasteiger partial charge in [-0.1, -0.05) is 36.9 Å². The van der Waals surface area contributed by atoms with E-state index in [0.717, 1.165) is 27.2 Å². The minimum Gasteiger partial charge on any atom is -0.367 e. The van der Waals surface area contributed by atoms with E-state index in [4.69, 9.17) is 0 Å². The molecule has 6 heteroatoms. The number of aryl methyl sites for hydroxylation is 1. The van der Waals surface area contributed by atoms with Crippen molar-refractivity contribution in [1.29, 1.82) is 0 Å². The molecule has 2 aromatic carbocycles. The van der Waals surface area contributed by atoms with Crippen molar-refractivity contribution in [3.05, 3.63) is 66.4 Å². The average Bonchev–Trinajstić information content (AvgIpc) is 3.03. The van der Waals surface area contributed by atoms with Gasteiger partial charge in [0.15, 0.2) is 0 Å². The van der Waals surface area contributed by atoms with E-state index >= 15 is 0 Å². The number of hydrogen-bond donors (Lipinski definition) is 3. The molecule has 25 heavy (non-hydrogen) atoms. The lowest BCUT2D eigenvalue weighted by Crippen LogP contribution is -2.31. The first-order valence-corrected chi connectivity index (χ1v) is 8.80. The van der Waals surface area contributed by atoms with Gasteiger partial charge in [0.1, 0.15) is 5.82 Å². The van der Waals surface area contributed by atoms with E-state index in [-0.39, 0.29) is 5.91 Å². The van der Waals surface area contributed by atoms with Crippen molar-refractivity contribution in [2.24, 2.45) is 0 Å². The smallest absolute Gasteiger partial charge is 0.267 e. The molecular formula is C19H20N4OS. The quantitative estimate of drug-likeness (QED) is 0.447.